The van der Waals surface area contributed by atoms with Gasteiger partial charge >= 0.3 is 0 Å². The third-order valence-electron chi connectivity index (χ3n) is 6.21. The molecule has 1 amide bonds. The van der Waals surface area contributed by atoms with Crippen molar-refractivity contribution in [2.75, 3.05) is 21.0 Å². The summed E-state index contributed by atoms with van der Waals surface area (Å²) in [6, 6.07) is 16.9. The minimum Gasteiger partial charge on any atom is -0.492 e. The zero-order valence-corrected chi connectivity index (χ0v) is 21.7. The van der Waals surface area contributed by atoms with Gasteiger partial charge in [0.1, 0.15) is 6.10 Å². The number of nitrogens with one attached hydrogen (secondary N) is 1. The average molecular weight is 536 g/mol. The van der Waals surface area contributed by atoms with Gasteiger partial charge in [0.2, 0.25) is 24.2 Å². The average Bonchev–Trinajstić information content (AvgIpc) is 3.60. The molecule has 3 aromatic carbocycles. The number of halogens is 1. The molecule has 9 nitrogen and oxygen atoms in total. The van der Waals surface area contributed by atoms with Crippen LogP contribution in [0.2, 0.25) is 5.02 Å². The number of ether oxygens (including phenoxy) is 4. The van der Waals surface area contributed by atoms with Crippen molar-refractivity contribution in [3.8, 4) is 23.0 Å². The Balaban J connectivity index is 1.40. The number of nitrogens with zero attached hydrogens (tertiary/aromatic N) is 2. The first-order valence-electron chi connectivity index (χ1n) is 12.0. The van der Waals surface area contributed by atoms with Crippen molar-refractivity contribution in [2.45, 2.75) is 25.4 Å². The van der Waals surface area contributed by atoms with E-state index in [1.165, 1.54) is 13.3 Å². The molecular weight excluding hydrogens is 510 g/mol. The van der Waals surface area contributed by atoms with Gasteiger partial charge in [-0.2, -0.15) is 5.10 Å². The topological polar surface area (TPSA) is 100.0 Å². The number of hydrogen-bond donors (Lipinski definition) is 1. The Kier molecular flexibility index (Phi) is 7.65. The maximum Gasteiger partial charge on any atom is 0.244 e. The van der Waals surface area contributed by atoms with Gasteiger partial charge in [0.25, 0.3) is 0 Å². The third-order valence-corrected chi connectivity index (χ3v) is 6.46. The van der Waals surface area contributed by atoms with E-state index >= 15 is 0 Å². The second-order valence-electron chi connectivity index (χ2n) is 8.66. The van der Waals surface area contributed by atoms with E-state index in [1.807, 2.05) is 54.6 Å². The van der Waals surface area contributed by atoms with Crippen molar-refractivity contribution < 1.29 is 28.6 Å². The molecule has 0 saturated heterocycles. The van der Waals surface area contributed by atoms with Crippen LogP contribution in [-0.4, -0.2) is 44.9 Å². The summed E-state index contributed by atoms with van der Waals surface area (Å²) in [6.45, 7) is 0.0171. The first-order valence-corrected chi connectivity index (χ1v) is 12.4. The molecule has 0 aliphatic carbocycles. The van der Waals surface area contributed by atoms with E-state index < -0.39 is 0 Å². The van der Waals surface area contributed by atoms with E-state index in [2.05, 4.69) is 15.7 Å². The number of methoxy groups -OCH3 is 2. The number of benzene rings is 3. The summed E-state index contributed by atoms with van der Waals surface area (Å²) in [5.41, 5.74) is 6.56. The molecule has 0 spiro atoms. The Morgan fingerprint density at radius 1 is 1.08 bits per heavy atom. The predicted octanol–water partition coefficient (Wildman–Crippen LogP) is 4.51. The van der Waals surface area contributed by atoms with Crippen LogP contribution < -0.4 is 24.4 Å². The van der Waals surface area contributed by atoms with Crippen LogP contribution in [0.25, 0.3) is 0 Å². The molecule has 0 aromatic heterocycles. The lowest BCUT2D eigenvalue weighted by Gasteiger charge is -2.19. The standard InChI is InChI=1S/C28H26ClN3O6/c1-34-25-21(13-20-14-23(32-38-20)18-8-10-19(29)11-9-18)22(26-28(27(25)35-2)37-16-36-26)15-30-31-24(33)12-17-6-4-3-5-7-17/h3-11,15,20H,12-14,16H2,1-2H3,(H,31,33)/b30-15-. The zero-order chi connectivity index (χ0) is 26.5. The molecule has 1 unspecified atom stereocenters. The largest absolute Gasteiger partial charge is 0.492 e. The van der Waals surface area contributed by atoms with E-state index in [9.17, 15) is 4.79 Å². The van der Waals surface area contributed by atoms with Gasteiger partial charge in [0.05, 0.1) is 32.6 Å². The van der Waals surface area contributed by atoms with Crippen LogP contribution in [0.15, 0.2) is 64.9 Å². The summed E-state index contributed by atoms with van der Waals surface area (Å²) >= 11 is 6.02. The van der Waals surface area contributed by atoms with Crippen molar-refractivity contribution in [3.63, 3.8) is 0 Å². The van der Waals surface area contributed by atoms with E-state index in [0.717, 1.165) is 22.4 Å². The summed E-state index contributed by atoms with van der Waals surface area (Å²) in [7, 11) is 3.09. The van der Waals surface area contributed by atoms with Gasteiger partial charge in [-0.3, -0.25) is 4.79 Å². The zero-order valence-electron chi connectivity index (χ0n) is 20.9. The van der Waals surface area contributed by atoms with E-state index in [-0.39, 0.29) is 25.2 Å². The van der Waals surface area contributed by atoms with Crippen molar-refractivity contribution in [2.24, 2.45) is 10.3 Å². The van der Waals surface area contributed by atoms with Gasteiger partial charge in [-0.1, -0.05) is 59.2 Å². The molecule has 0 bridgehead atoms. The summed E-state index contributed by atoms with van der Waals surface area (Å²) in [5, 5.41) is 9.16. The number of hydrogen-bond acceptors (Lipinski definition) is 8. The molecule has 2 aliphatic rings. The minimum atomic E-state index is -0.278. The van der Waals surface area contributed by atoms with Crippen LogP contribution in [0.3, 0.4) is 0 Å². The van der Waals surface area contributed by atoms with Crippen LogP contribution in [0.1, 0.15) is 28.7 Å². The highest BCUT2D eigenvalue weighted by molar-refractivity contribution is 6.30. The lowest BCUT2D eigenvalue weighted by molar-refractivity contribution is -0.120. The number of amides is 1. The highest BCUT2D eigenvalue weighted by atomic mass is 35.5. The number of hydrazone groups is 1. The predicted molar refractivity (Wildman–Crippen MR) is 143 cm³/mol. The van der Waals surface area contributed by atoms with E-state index in [1.54, 1.807) is 7.11 Å². The monoisotopic (exact) mass is 535 g/mol. The summed E-state index contributed by atoms with van der Waals surface area (Å²) in [5.74, 6) is 1.50. The molecule has 3 aromatic rings. The van der Waals surface area contributed by atoms with E-state index in [0.29, 0.717) is 46.4 Å². The first-order chi connectivity index (χ1) is 18.6. The maximum atomic E-state index is 12.4. The Labute approximate surface area is 224 Å². The van der Waals surface area contributed by atoms with Crippen molar-refractivity contribution in [3.05, 3.63) is 81.9 Å². The third kappa shape index (κ3) is 5.38. The summed E-state index contributed by atoms with van der Waals surface area (Å²) < 4.78 is 22.8. The van der Waals surface area contributed by atoms with Gasteiger partial charge < -0.3 is 23.8 Å². The smallest absolute Gasteiger partial charge is 0.244 e. The number of carbonyl (C=O) groups is 1. The molecule has 1 N–H and O–H groups in total. The Hall–Kier alpha value is -4.24. The molecule has 10 heteroatoms. The Bertz CT molecular complexity index is 1380. The Morgan fingerprint density at radius 2 is 1.82 bits per heavy atom. The van der Waals surface area contributed by atoms with Gasteiger partial charge in [0.15, 0.2) is 11.5 Å². The van der Waals surface area contributed by atoms with Crippen LogP contribution in [0.4, 0.5) is 0 Å². The molecule has 2 heterocycles. The SMILES string of the molecule is COc1c(CC2CC(c3ccc(Cl)cc3)=NO2)c(/C=N\NC(=O)Cc2ccccc2)c2c(c1OC)OCO2. The molecule has 0 saturated carbocycles. The highest BCUT2D eigenvalue weighted by Gasteiger charge is 2.33. The fourth-order valence-electron chi connectivity index (χ4n) is 4.46. The molecule has 0 fully saturated rings. The fourth-order valence-corrected chi connectivity index (χ4v) is 4.58. The quantitative estimate of drug-likeness (QED) is 0.319. The Morgan fingerprint density at radius 3 is 2.55 bits per heavy atom. The van der Waals surface area contributed by atoms with Gasteiger partial charge in [-0.15, -0.1) is 0 Å². The van der Waals surface area contributed by atoms with Crippen LogP contribution >= 0.6 is 11.6 Å². The lowest BCUT2D eigenvalue weighted by Crippen LogP contribution is -2.20. The van der Waals surface area contributed by atoms with Crippen LogP contribution in [-0.2, 0) is 22.5 Å². The van der Waals surface area contributed by atoms with Crippen LogP contribution in [0, 0.1) is 0 Å². The normalized spacial score (nSPS) is 15.8. The maximum absolute atomic E-state index is 12.4. The highest BCUT2D eigenvalue weighted by Crippen LogP contribution is 2.52. The number of oxime groups is 1. The van der Waals surface area contributed by atoms with Gasteiger partial charge in [-0.25, -0.2) is 5.43 Å². The number of fused-ring (bicyclic) bond motifs is 1. The second-order valence-corrected chi connectivity index (χ2v) is 9.10. The molecule has 1 atom stereocenters. The van der Waals surface area contributed by atoms with Crippen molar-refractivity contribution >= 4 is 29.4 Å². The summed E-state index contributed by atoms with van der Waals surface area (Å²) in [6.07, 6.45) is 2.45. The minimum absolute atomic E-state index is 0.0171. The first kappa shape index (κ1) is 25.4. The number of carbonyl (C=O) groups excluding carboxylic acids is 1. The summed E-state index contributed by atoms with van der Waals surface area (Å²) in [4.78, 5) is 18.2. The molecule has 38 heavy (non-hydrogen) atoms. The van der Waals surface area contributed by atoms with E-state index in [4.69, 9.17) is 35.4 Å². The lowest BCUT2D eigenvalue weighted by atomic mass is 9.95. The molecule has 196 valence electrons. The van der Waals surface area contributed by atoms with Gasteiger partial charge in [-0.05, 0) is 23.3 Å². The van der Waals surface area contributed by atoms with Crippen molar-refractivity contribution in [1.82, 2.24) is 5.43 Å². The second kappa shape index (κ2) is 11.4. The number of rotatable bonds is 9. The molecule has 5 rings (SSSR count). The molecular formula is C28H26ClN3O6. The molecule has 0 radical (unpaired) electrons. The van der Waals surface area contributed by atoms with Crippen molar-refractivity contribution in [1.29, 1.82) is 0 Å². The van der Waals surface area contributed by atoms with Gasteiger partial charge in [0, 0.05) is 29.0 Å². The van der Waals surface area contributed by atoms with Crippen LogP contribution in [0.5, 0.6) is 23.0 Å². The fraction of sp³-hybridized carbons (Fsp3) is 0.250. The molecule has 2 aliphatic heterocycles.